The van der Waals surface area contributed by atoms with Gasteiger partial charge in [-0.3, -0.25) is 14.4 Å². The first-order valence-electron chi connectivity index (χ1n) is 28.0. The number of hydrogen-bond donors (Lipinski definition) is 7. The molecule has 14 nitrogen and oxygen atoms in total. The highest BCUT2D eigenvalue weighted by molar-refractivity contribution is 8.00. The van der Waals surface area contributed by atoms with Crippen LogP contribution in [0.1, 0.15) is 212 Å². The van der Waals surface area contributed by atoms with Crippen molar-refractivity contribution >= 4 is 35.5 Å². The number of aliphatic hydroxyl groups is 2. The summed E-state index contributed by atoms with van der Waals surface area (Å²) in [6, 6.07) is -0.243. The monoisotopic (exact) mass is 996 g/mol. The van der Waals surface area contributed by atoms with Crippen LogP contribution in [-0.2, 0) is 28.6 Å². The summed E-state index contributed by atoms with van der Waals surface area (Å²) in [5.74, 6) is 1.07. The molecule has 2 aliphatic heterocycles. The van der Waals surface area contributed by atoms with E-state index in [1.54, 1.807) is 6.08 Å². The average molecular weight is 996 g/mol. The summed E-state index contributed by atoms with van der Waals surface area (Å²) in [6.07, 6.45) is 37.7. The van der Waals surface area contributed by atoms with Crippen molar-refractivity contribution in [3.63, 3.8) is 0 Å². The van der Waals surface area contributed by atoms with E-state index in [0.717, 1.165) is 82.8 Å². The standard InChI is InChI=1S/C54H101N5O9S/c1-2-3-4-5-6-7-8-9-14-17-20-23-26-35-52(64)57-46(44-60)48(61)31-24-21-18-15-12-10-11-13-16-19-22-25-33-50(62)55-36-29-38-66-40-42-68-43-41-67-39-30-37-56-51(63)34-28-27-32-49-53-47(45-69-49)58-54(65)59-53/h24,31,46-49,53,60-61H,2-23,25-30,32-45H2,1H3,(H,55,62)(H,56,63)(H,57,64)(H2,58,59,65)/b31-24+/t46-,47?,48+,49?,53?/m0/s1. The molecule has 5 atom stereocenters. The molecule has 2 rings (SSSR count). The lowest BCUT2D eigenvalue weighted by molar-refractivity contribution is -0.123. The fraction of sp³-hybridized carbons (Fsp3) is 0.889. The summed E-state index contributed by atoms with van der Waals surface area (Å²) in [5.41, 5.74) is 0. The number of nitrogens with one attached hydrogen (secondary N) is 5. The van der Waals surface area contributed by atoms with Crippen molar-refractivity contribution in [3.05, 3.63) is 12.2 Å². The maximum absolute atomic E-state index is 12.4. The number of carbonyl (C=O) groups excluding carboxylic acids is 4. The zero-order valence-corrected chi connectivity index (χ0v) is 44.2. The third-order valence-corrected chi connectivity index (χ3v) is 14.7. The number of carbonyl (C=O) groups is 4. The molecule has 0 aliphatic carbocycles. The molecule has 0 spiro atoms. The van der Waals surface area contributed by atoms with E-state index < -0.39 is 12.1 Å². The Balaban J connectivity index is 1.23. The number of aliphatic hydroxyl groups excluding tert-OH is 2. The molecule has 2 fully saturated rings. The van der Waals surface area contributed by atoms with Crippen molar-refractivity contribution in [1.82, 2.24) is 26.6 Å². The van der Waals surface area contributed by atoms with Gasteiger partial charge in [-0.2, -0.15) is 11.8 Å². The SMILES string of the molecule is CCCCCCCCCCCCCCCC(=O)N[C@@H](CO)[C@H](O)/C=C/CCCCCCCCCCCCC(=O)NCCCOCCOCCOCCCNC(=O)CCCCC1SCC2NC(=O)NC21. The van der Waals surface area contributed by atoms with Crippen LogP contribution in [0.15, 0.2) is 12.2 Å². The lowest BCUT2D eigenvalue weighted by atomic mass is 10.0. The van der Waals surface area contributed by atoms with E-state index in [2.05, 4.69) is 33.5 Å². The van der Waals surface area contributed by atoms with Gasteiger partial charge in [0.2, 0.25) is 17.7 Å². The predicted molar refractivity (Wildman–Crippen MR) is 282 cm³/mol. The molecule has 2 saturated heterocycles. The van der Waals surface area contributed by atoms with Crippen molar-refractivity contribution in [1.29, 1.82) is 0 Å². The van der Waals surface area contributed by atoms with Crippen molar-refractivity contribution in [3.8, 4) is 0 Å². The number of hydrogen-bond acceptors (Lipinski definition) is 10. The van der Waals surface area contributed by atoms with Gasteiger partial charge in [0.15, 0.2) is 0 Å². The second kappa shape index (κ2) is 45.4. The first-order chi connectivity index (χ1) is 33.8. The van der Waals surface area contributed by atoms with Gasteiger partial charge in [0.1, 0.15) is 0 Å². The van der Waals surface area contributed by atoms with Gasteiger partial charge >= 0.3 is 6.03 Å². The Morgan fingerprint density at radius 2 is 1.06 bits per heavy atom. The Bertz CT molecular complexity index is 1300. The summed E-state index contributed by atoms with van der Waals surface area (Å²) >= 11 is 1.91. The van der Waals surface area contributed by atoms with Crippen LogP contribution in [0, 0.1) is 0 Å². The lowest BCUT2D eigenvalue weighted by Gasteiger charge is -2.20. The van der Waals surface area contributed by atoms with Gasteiger partial charge in [0, 0.05) is 56.6 Å². The number of rotatable bonds is 50. The molecule has 69 heavy (non-hydrogen) atoms. The fourth-order valence-electron chi connectivity index (χ4n) is 8.95. The highest BCUT2D eigenvalue weighted by atomic mass is 32.2. The molecule has 15 heteroatoms. The fourth-order valence-corrected chi connectivity index (χ4v) is 10.5. The van der Waals surface area contributed by atoms with Crippen LogP contribution in [-0.4, -0.2) is 129 Å². The van der Waals surface area contributed by atoms with E-state index in [0.29, 0.717) is 77.2 Å². The number of ether oxygens (including phenoxy) is 3. The topological polar surface area (TPSA) is 197 Å². The third kappa shape index (κ3) is 36.2. The van der Waals surface area contributed by atoms with E-state index in [1.807, 2.05) is 17.8 Å². The van der Waals surface area contributed by atoms with Crippen molar-refractivity contribution in [2.24, 2.45) is 0 Å². The highest BCUT2D eigenvalue weighted by Crippen LogP contribution is 2.33. The first-order valence-corrected chi connectivity index (χ1v) is 29.1. The van der Waals surface area contributed by atoms with E-state index in [9.17, 15) is 29.4 Å². The van der Waals surface area contributed by atoms with Gasteiger partial charge < -0.3 is 51.0 Å². The molecule has 0 radical (unpaired) electrons. The van der Waals surface area contributed by atoms with Crippen molar-refractivity contribution < 1.29 is 43.6 Å². The van der Waals surface area contributed by atoms with Crippen LogP contribution in [0.25, 0.3) is 0 Å². The van der Waals surface area contributed by atoms with E-state index in [4.69, 9.17) is 14.2 Å². The number of urea groups is 1. The lowest BCUT2D eigenvalue weighted by Crippen LogP contribution is -2.45. The van der Waals surface area contributed by atoms with Gasteiger partial charge in [-0.15, -0.1) is 0 Å². The van der Waals surface area contributed by atoms with Crippen molar-refractivity contribution in [2.45, 2.75) is 242 Å². The minimum absolute atomic E-state index is 0.0569. The molecular formula is C54H101N5O9S. The van der Waals surface area contributed by atoms with Gasteiger partial charge in [-0.05, 0) is 51.4 Å². The smallest absolute Gasteiger partial charge is 0.315 e. The molecule has 402 valence electrons. The number of amides is 5. The molecule has 0 aromatic heterocycles. The van der Waals surface area contributed by atoms with E-state index >= 15 is 0 Å². The molecular weight excluding hydrogens is 895 g/mol. The molecule has 0 aromatic carbocycles. The number of unbranched alkanes of at least 4 members (excludes halogenated alkanes) is 23. The second-order valence-electron chi connectivity index (χ2n) is 19.5. The molecule has 0 bridgehead atoms. The largest absolute Gasteiger partial charge is 0.394 e. The van der Waals surface area contributed by atoms with Crippen LogP contribution < -0.4 is 26.6 Å². The molecule has 2 aliphatic rings. The van der Waals surface area contributed by atoms with Gasteiger partial charge in [0.05, 0.1) is 57.3 Å². The second-order valence-corrected chi connectivity index (χ2v) is 20.7. The Kier molecular flexibility index (Phi) is 41.3. The van der Waals surface area contributed by atoms with Crippen LogP contribution in [0.4, 0.5) is 4.79 Å². The summed E-state index contributed by atoms with van der Waals surface area (Å²) in [5, 5.41) is 35.4. The number of thioether (sulfide) groups is 1. The minimum Gasteiger partial charge on any atom is -0.394 e. The van der Waals surface area contributed by atoms with E-state index in [1.165, 1.54) is 109 Å². The Labute approximate surface area is 423 Å². The minimum atomic E-state index is -0.880. The zero-order chi connectivity index (χ0) is 49.7. The number of fused-ring (bicyclic) bond motifs is 1. The first kappa shape index (κ1) is 62.7. The number of allylic oxidation sites excluding steroid dienone is 1. The van der Waals surface area contributed by atoms with Crippen molar-refractivity contribution in [2.75, 3.05) is 65.1 Å². The summed E-state index contributed by atoms with van der Waals surface area (Å²) < 4.78 is 16.8. The predicted octanol–water partition coefficient (Wildman–Crippen LogP) is 9.33. The summed E-state index contributed by atoms with van der Waals surface area (Å²) in [4.78, 5) is 48.2. The van der Waals surface area contributed by atoms with E-state index in [-0.39, 0.29) is 42.4 Å². The Morgan fingerprint density at radius 1 is 0.609 bits per heavy atom. The van der Waals surface area contributed by atoms with Gasteiger partial charge in [-0.1, -0.05) is 154 Å². The van der Waals surface area contributed by atoms with Crippen LogP contribution in [0.5, 0.6) is 0 Å². The quantitative estimate of drug-likeness (QED) is 0.0175. The maximum Gasteiger partial charge on any atom is 0.315 e. The normalized spacial score (nSPS) is 17.4. The molecule has 3 unspecified atom stereocenters. The molecule has 7 N–H and O–H groups in total. The molecule has 2 heterocycles. The van der Waals surface area contributed by atoms with Gasteiger partial charge in [-0.25, -0.2) is 4.79 Å². The molecule has 5 amide bonds. The third-order valence-electron chi connectivity index (χ3n) is 13.2. The van der Waals surface area contributed by atoms with Crippen LogP contribution in [0.2, 0.25) is 0 Å². The van der Waals surface area contributed by atoms with Crippen LogP contribution >= 0.6 is 11.8 Å². The van der Waals surface area contributed by atoms with Gasteiger partial charge in [0.25, 0.3) is 0 Å². The molecule has 0 saturated carbocycles. The summed E-state index contributed by atoms with van der Waals surface area (Å²) in [7, 11) is 0. The molecule has 0 aromatic rings. The summed E-state index contributed by atoms with van der Waals surface area (Å²) in [6.45, 7) is 6.37. The average Bonchev–Trinajstić information content (AvgIpc) is 3.90. The maximum atomic E-state index is 12.4. The van der Waals surface area contributed by atoms with Crippen LogP contribution in [0.3, 0.4) is 0 Å². The Morgan fingerprint density at radius 3 is 1.57 bits per heavy atom. The zero-order valence-electron chi connectivity index (χ0n) is 43.4. The Hall–Kier alpha value is -2.43. The highest BCUT2D eigenvalue weighted by Gasteiger charge is 2.42.